The highest BCUT2D eigenvalue weighted by Gasteiger charge is 2.29. The van der Waals surface area contributed by atoms with Crippen LogP contribution in [0.1, 0.15) is 57.8 Å². The van der Waals surface area contributed by atoms with Gasteiger partial charge in [0, 0.05) is 10.8 Å². The Labute approximate surface area is 92.2 Å². The second-order valence-corrected chi connectivity index (χ2v) is 6.50. The van der Waals surface area contributed by atoms with Gasteiger partial charge in [-0.25, -0.2) is 0 Å². The molecule has 1 aliphatic heterocycles. The molecule has 1 heterocycles. The summed E-state index contributed by atoms with van der Waals surface area (Å²) in [5.41, 5.74) is 6.60. The molecule has 1 aliphatic carbocycles. The van der Waals surface area contributed by atoms with Gasteiger partial charge in [-0.1, -0.05) is 19.3 Å². The van der Waals surface area contributed by atoms with Crippen molar-refractivity contribution in [2.45, 2.75) is 68.6 Å². The maximum Gasteiger partial charge on any atom is 0.0154 e. The van der Waals surface area contributed by atoms with Crippen molar-refractivity contribution in [3.8, 4) is 0 Å². The highest BCUT2D eigenvalue weighted by atomic mass is 32.2. The van der Waals surface area contributed by atoms with Gasteiger partial charge in [0.25, 0.3) is 0 Å². The first kappa shape index (κ1) is 10.8. The van der Waals surface area contributed by atoms with E-state index in [1.807, 2.05) is 0 Å². The predicted octanol–water partition coefficient (Wildman–Crippen LogP) is 3.32. The summed E-state index contributed by atoms with van der Waals surface area (Å²) in [5.74, 6) is 1.39. The van der Waals surface area contributed by atoms with Gasteiger partial charge in [-0.3, -0.25) is 0 Å². The monoisotopic (exact) mass is 213 g/mol. The van der Waals surface area contributed by atoms with Gasteiger partial charge >= 0.3 is 0 Å². The molecule has 2 rings (SSSR count). The van der Waals surface area contributed by atoms with Crippen molar-refractivity contribution < 1.29 is 0 Å². The predicted molar refractivity (Wildman–Crippen MR) is 64.7 cm³/mol. The molecule has 0 aromatic rings. The van der Waals surface area contributed by atoms with Crippen LogP contribution in [0.15, 0.2) is 0 Å². The molecule has 1 saturated heterocycles. The lowest BCUT2D eigenvalue weighted by Crippen LogP contribution is -2.37. The molecule has 2 fully saturated rings. The third-order valence-corrected chi connectivity index (χ3v) is 5.30. The number of hydrogen-bond donors (Lipinski definition) is 1. The third-order valence-electron chi connectivity index (χ3n) is 3.84. The minimum absolute atomic E-state index is 0.234. The zero-order valence-electron chi connectivity index (χ0n) is 9.13. The summed E-state index contributed by atoms with van der Waals surface area (Å²) in [5, 5.41) is 0.935. The van der Waals surface area contributed by atoms with Crippen molar-refractivity contribution in [1.29, 1.82) is 0 Å². The van der Waals surface area contributed by atoms with E-state index in [0.717, 1.165) is 5.25 Å². The number of nitrogens with two attached hydrogens (primary N) is 1. The lowest BCUT2D eigenvalue weighted by Gasteiger charge is -2.28. The standard InChI is InChI=1S/C12H23NS/c13-12(7-2-3-8-12)9-6-11-5-1-4-10-14-11/h11H,1-10,13H2. The van der Waals surface area contributed by atoms with Crippen molar-refractivity contribution in [2.75, 3.05) is 5.75 Å². The Morgan fingerprint density at radius 1 is 1.14 bits per heavy atom. The number of rotatable bonds is 3. The van der Waals surface area contributed by atoms with Crippen LogP contribution in [-0.2, 0) is 0 Å². The summed E-state index contributed by atoms with van der Waals surface area (Å²) in [6.07, 6.45) is 12.3. The molecule has 1 nitrogen and oxygen atoms in total. The van der Waals surface area contributed by atoms with Crippen LogP contribution in [0, 0.1) is 0 Å². The molecule has 1 atom stereocenters. The summed E-state index contributed by atoms with van der Waals surface area (Å²) in [7, 11) is 0. The van der Waals surface area contributed by atoms with E-state index in [1.54, 1.807) is 0 Å². The van der Waals surface area contributed by atoms with Crippen molar-refractivity contribution in [1.82, 2.24) is 0 Å². The first-order chi connectivity index (χ1) is 6.79. The Morgan fingerprint density at radius 2 is 1.93 bits per heavy atom. The van der Waals surface area contributed by atoms with E-state index in [2.05, 4.69) is 11.8 Å². The second-order valence-electron chi connectivity index (χ2n) is 5.10. The Hall–Kier alpha value is 0.310. The molecule has 0 aromatic heterocycles. The van der Waals surface area contributed by atoms with Crippen molar-refractivity contribution in [2.24, 2.45) is 5.73 Å². The van der Waals surface area contributed by atoms with Crippen LogP contribution in [0.4, 0.5) is 0 Å². The van der Waals surface area contributed by atoms with E-state index in [4.69, 9.17) is 5.73 Å². The van der Waals surface area contributed by atoms with Gasteiger partial charge in [0.1, 0.15) is 0 Å². The lowest BCUT2D eigenvalue weighted by molar-refractivity contribution is 0.386. The molecule has 0 aromatic carbocycles. The summed E-state index contributed by atoms with van der Waals surface area (Å²) < 4.78 is 0. The maximum absolute atomic E-state index is 6.37. The van der Waals surface area contributed by atoms with Crippen LogP contribution < -0.4 is 5.73 Å². The van der Waals surface area contributed by atoms with Crippen molar-refractivity contribution in [3.05, 3.63) is 0 Å². The van der Waals surface area contributed by atoms with Crippen molar-refractivity contribution >= 4 is 11.8 Å². The van der Waals surface area contributed by atoms with Gasteiger partial charge in [-0.05, 0) is 44.3 Å². The molecule has 0 amide bonds. The summed E-state index contributed by atoms with van der Waals surface area (Å²) in [6, 6.07) is 0. The van der Waals surface area contributed by atoms with Crippen LogP contribution in [0.25, 0.3) is 0 Å². The minimum Gasteiger partial charge on any atom is -0.325 e. The molecule has 2 aliphatic rings. The minimum atomic E-state index is 0.234. The Bertz CT molecular complexity index is 169. The molecule has 1 saturated carbocycles. The Balaban J connectivity index is 1.70. The summed E-state index contributed by atoms with van der Waals surface area (Å²) in [6.45, 7) is 0. The molecule has 82 valence electrons. The first-order valence-corrected chi connectivity index (χ1v) is 7.24. The van der Waals surface area contributed by atoms with E-state index in [-0.39, 0.29) is 5.54 Å². The Kier molecular flexibility index (Phi) is 3.78. The molecule has 14 heavy (non-hydrogen) atoms. The average Bonchev–Trinajstić information content (AvgIpc) is 2.65. The maximum atomic E-state index is 6.37. The van der Waals surface area contributed by atoms with Crippen LogP contribution >= 0.6 is 11.8 Å². The smallest absolute Gasteiger partial charge is 0.0154 e. The van der Waals surface area contributed by atoms with E-state index in [9.17, 15) is 0 Å². The number of thioether (sulfide) groups is 1. The van der Waals surface area contributed by atoms with Crippen LogP contribution in [0.5, 0.6) is 0 Å². The highest BCUT2D eigenvalue weighted by Crippen LogP contribution is 2.35. The quantitative estimate of drug-likeness (QED) is 0.778. The summed E-state index contributed by atoms with van der Waals surface area (Å²) >= 11 is 2.19. The largest absolute Gasteiger partial charge is 0.325 e. The molecule has 0 bridgehead atoms. The molecule has 0 spiro atoms. The first-order valence-electron chi connectivity index (χ1n) is 6.19. The molecule has 2 heteroatoms. The summed E-state index contributed by atoms with van der Waals surface area (Å²) in [4.78, 5) is 0. The molecular formula is C12H23NS. The normalized spacial score (nSPS) is 31.9. The third kappa shape index (κ3) is 2.90. The van der Waals surface area contributed by atoms with Gasteiger partial charge in [0.15, 0.2) is 0 Å². The molecular weight excluding hydrogens is 190 g/mol. The molecule has 2 N–H and O–H groups in total. The number of hydrogen-bond acceptors (Lipinski definition) is 2. The van der Waals surface area contributed by atoms with E-state index in [0.29, 0.717) is 0 Å². The van der Waals surface area contributed by atoms with Crippen LogP contribution in [0.2, 0.25) is 0 Å². The average molecular weight is 213 g/mol. The highest BCUT2D eigenvalue weighted by molar-refractivity contribution is 7.99. The van der Waals surface area contributed by atoms with Gasteiger partial charge in [-0.15, -0.1) is 0 Å². The SMILES string of the molecule is NC1(CCC2CCCCS2)CCCC1. The van der Waals surface area contributed by atoms with Crippen LogP contribution in [0.3, 0.4) is 0 Å². The van der Waals surface area contributed by atoms with Gasteiger partial charge in [0.2, 0.25) is 0 Å². The topological polar surface area (TPSA) is 26.0 Å². The molecule has 1 unspecified atom stereocenters. The lowest BCUT2D eigenvalue weighted by atomic mass is 9.91. The van der Waals surface area contributed by atoms with Gasteiger partial charge in [0.05, 0.1) is 0 Å². The fourth-order valence-corrected chi connectivity index (χ4v) is 4.13. The van der Waals surface area contributed by atoms with E-state index < -0.39 is 0 Å². The van der Waals surface area contributed by atoms with Crippen molar-refractivity contribution in [3.63, 3.8) is 0 Å². The molecule has 0 radical (unpaired) electrons. The fraction of sp³-hybridized carbons (Fsp3) is 1.00. The zero-order chi connectivity index (χ0) is 9.86. The van der Waals surface area contributed by atoms with E-state index >= 15 is 0 Å². The van der Waals surface area contributed by atoms with Gasteiger partial charge in [-0.2, -0.15) is 11.8 Å². The van der Waals surface area contributed by atoms with Crippen LogP contribution in [-0.4, -0.2) is 16.5 Å². The van der Waals surface area contributed by atoms with Gasteiger partial charge < -0.3 is 5.73 Å². The van der Waals surface area contributed by atoms with E-state index in [1.165, 1.54) is 63.5 Å². The zero-order valence-corrected chi connectivity index (χ0v) is 9.95. The second kappa shape index (κ2) is 4.89. The fourth-order valence-electron chi connectivity index (χ4n) is 2.81. The Morgan fingerprint density at radius 3 is 2.57 bits per heavy atom.